The Hall–Kier alpha value is -1.06. The Morgan fingerprint density at radius 1 is 1.24 bits per heavy atom. The van der Waals surface area contributed by atoms with Gasteiger partial charge in [-0.25, -0.2) is 0 Å². The summed E-state index contributed by atoms with van der Waals surface area (Å²) in [5.74, 6) is 0.482. The molecule has 17 heavy (non-hydrogen) atoms. The van der Waals surface area contributed by atoms with Crippen LogP contribution in [0, 0.1) is 5.92 Å². The van der Waals surface area contributed by atoms with Crippen molar-refractivity contribution in [2.45, 2.75) is 63.6 Å². The molecule has 2 saturated carbocycles. The normalized spacial score (nSPS) is 40.2. The molecular weight excluding hydrogens is 216 g/mol. The molecule has 2 aliphatic carbocycles. The summed E-state index contributed by atoms with van der Waals surface area (Å²) in [6.07, 6.45) is 4.16. The molecule has 3 aliphatic rings. The van der Waals surface area contributed by atoms with E-state index in [4.69, 9.17) is 0 Å². The average Bonchev–Trinajstić information content (AvgIpc) is 3.10. The largest absolute Gasteiger partial charge is 0.340 e. The summed E-state index contributed by atoms with van der Waals surface area (Å²) < 4.78 is 0. The van der Waals surface area contributed by atoms with Gasteiger partial charge in [0.05, 0.1) is 0 Å². The minimum Gasteiger partial charge on any atom is -0.340 e. The molecule has 1 heterocycles. The zero-order valence-electron chi connectivity index (χ0n) is 10.7. The molecule has 0 aromatic carbocycles. The van der Waals surface area contributed by atoms with Crippen molar-refractivity contribution in [3.8, 4) is 0 Å². The van der Waals surface area contributed by atoms with Crippen LogP contribution in [0.2, 0.25) is 0 Å². The fourth-order valence-corrected chi connectivity index (χ4v) is 3.03. The van der Waals surface area contributed by atoms with Crippen molar-refractivity contribution in [2.24, 2.45) is 5.92 Å². The van der Waals surface area contributed by atoms with Crippen LogP contribution in [0.1, 0.15) is 46.5 Å². The molecular formula is C13H20N2O2. The number of carbonyl (C=O) groups excluding carboxylic acids is 2. The molecule has 0 aromatic heterocycles. The fraction of sp³-hybridized carbons (Fsp3) is 0.846. The van der Waals surface area contributed by atoms with E-state index < -0.39 is 5.54 Å². The predicted molar refractivity (Wildman–Crippen MR) is 63.2 cm³/mol. The zero-order chi connectivity index (χ0) is 12.4. The van der Waals surface area contributed by atoms with E-state index in [0.29, 0.717) is 5.92 Å². The third-order valence-corrected chi connectivity index (χ3v) is 4.76. The van der Waals surface area contributed by atoms with Crippen LogP contribution >= 0.6 is 0 Å². The van der Waals surface area contributed by atoms with Crippen molar-refractivity contribution >= 4 is 11.8 Å². The lowest BCUT2D eigenvalue weighted by atomic mass is 9.88. The van der Waals surface area contributed by atoms with Gasteiger partial charge in [0.25, 0.3) is 0 Å². The average molecular weight is 236 g/mol. The second-order valence-electron chi connectivity index (χ2n) is 6.31. The Morgan fingerprint density at radius 2 is 1.82 bits per heavy atom. The SMILES string of the molecule is CC1C(=O)NC(C)(C2CC2)C(=O)N1C1(C)CC1. The van der Waals surface area contributed by atoms with Gasteiger partial charge in [0, 0.05) is 5.54 Å². The van der Waals surface area contributed by atoms with E-state index in [1.807, 2.05) is 18.7 Å². The predicted octanol–water partition coefficient (Wildman–Crippen LogP) is 1.05. The molecule has 1 saturated heterocycles. The maximum Gasteiger partial charge on any atom is 0.249 e. The standard InChI is InChI=1S/C13H20N2O2/c1-8-10(16)14-13(3,9-4-5-9)11(17)15(8)12(2)6-7-12/h8-9H,4-7H2,1-3H3,(H,14,16). The molecule has 2 atom stereocenters. The third kappa shape index (κ3) is 1.42. The van der Waals surface area contributed by atoms with Gasteiger partial charge in [0.1, 0.15) is 11.6 Å². The third-order valence-electron chi connectivity index (χ3n) is 4.76. The molecule has 3 fully saturated rings. The van der Waals surface area contributed by atoms with E-state index in [2.05, 4.69) is 12.2 Å². The van der Waals surface area contributed by atoms with Crippen molar-refractivity contribution in [2.75, 3.05) is 0 Å². The minimum absolute atomic E-state index is 0.00660. The molecule has 0 bridgehead atoms. The number of hydrogen-bond acceptors (Lipinski definition) is 2. The number of nitrogens with one attached hydrogen (secondary N) is 1. The lowest BCUT2D eigenvalue weighted by Crippen LogP contribution is -2.71. The summed E-state index contributed by atoms with van der Waals surface area (Å²) >= 11 is 0. The summed E-state index contributed by atoms with van der Waals surface area (Å²) in [5, 5.41) is 2.95. The van der Waals surface area contributed by atoms with Gasteiger partial charge in [-0.05, 0) is 52.4 Å². The molecule has 94 valence electrons. The van der Waals surface area contributed by atoms with Gasteiger partial charge in [-0.2, -0.15) is 0 Å². The van der Waals surface area contributed by atoms with Crippen LogP contribution in [-0.4, -0.2) is 33.8 Å². The Kier molecular flexibility index (Phi) is 1.97. The van der Waals surface area contributed by atoms with Crippen LogP contribution in [0.5, 0.6) is 0 Å². The van der Waals surface area contributed by atoms with Crippen LogP contribution in [0.4, 0.5) is 0 Å². The van der Waals surface area contributed by atoms with E-state index in [1.165, 1.54) is 0 Å². The first-order chi connectivity index (χ1) is 7.88. The van der Waals surface area contributed by atoms with E-state index in [9.17, 15) is 9.59 Å². The lowest BCUT2D eigenvalue weighted by Gasteiger charge is -2.46. The number of nitrogens with zero attached hydrogens (tertiary/aromatic N) is 1. The van der Waals surface area contributed by atoms with E-state index >= 15 is 0 Å². The smallest absolute Gasteiger partial charge is 0.249 e. The van der Waals surface area contributed by atoms with Crippen LogP contribution in [0.3, 0.4) is 0 Å². The van der Waals surface area contributed by atoms with Crippen molar-refractivity contribution in [3.63, 3.8) is 0 Å². The molecule has 0 spiro atoms. The summed E-state index contributed by atoms with van der Waals surface area (Å²) in [6.45, 7) is 5.83. The second kappa shape index (κ2) is 3.03. The Labute approximate surface area is 102 Å². The molecule has 0 radical (unpaired) electrons. The first-order valence-corrected chi connectivity index (χ1v) is 6.54. The van der Waals surface area contributed by atoms with Gasteiger partial charge in [-0.15, -0.1) is 0 Å². The summed E-state index contributed by atoms with van der Waals surface area (Å²) in [5.41, 5.74) is -0.709. The number of piperazine rings is 1. The molecule has 1 N–H and O–H groups in total. The van der Waals surface area contributed by atoms with E-state index in [0.717, 1.165) is 25.7 Å². The van der Waals surface area contributed by atoms with Gasteiger partial charge in [-0.3, -0.25) is 9.59 Å². The van der Waals surface area contributed by atoms with Crippen LogP contribution in [0.15, 0.2) is 0 Å². The Balaban J connectivity index is 1.96. The highest BCUT2D eigenvalue weighted by Gasteiger charge is 2.60. The number of carbonyl (C=O) groups is 2. The highest BCUT2D eigenvalue weighted by atomic mass is 16.2. The summed E-state index contributed by atoms with van der Waals surface area (Å²) in [7, 11) is 0. The fourth-order valence-electron chi connectivity index (χ4n) is 3.03. The van der Waals surface area contributed by atoms with E-state index in [-0.39, 0.29) is 23.4 Å². The van der Waals surface area contributed by atoms with Crippen LogP contribution in [-0.2, 0) is 9.59 Å². The molecule has 2 unspecified atom stereocenters. The zero-order valence-corrected chi connectivity index (χ0v) is 10.7. The number of amides is 2. The molecule has 0 aromatic rings. The maximum atomic E-state index is 12.7. The Morgan fingerprint density at radius 3 is 2.29 bits per heavy atom. The first kappa shape index (κ1) is 11.1. The van der Waals surface area contributed by atoms with Gasteiger partial charge >= 0.3 is 0 Å². The van der Waals surface area contributed by atoms with Gasteiger partial charge in [-0.1, -0.05) is 0 Å². The molecule has 3 rings (SSSR count). The van der Waals surface area contributed by atoms with Crippen molar-refractivity contribution in [1.29, 1.82) is 0 Å². The van der Waals surface area contributed by atoms with Crippen LogP contribution < -0.4 is 5.32 Å². The molecule has 4 heteroatoms. The monoisotopic (exact) mass is 236 g/mol. The van der Waals surface area contributed by atoms with Crippen molar-refractivity contribution < 1.29 is 9.59 Å². The van der Waals surface area contributed by atoms with Crippen molar-refractivity contribution in [3.05, 3.63) is 0 Å². The summed E-state index contributed by atoms with van der Waals surface area (Å²) in [4.78, 5) is 26.6. The lowest BCUT2D eigenvalue weighted by molar-refractivity contribution is -0.158. The van der Waals surface area contributed by atoms with Crippen LogP contribution in [0.25, 0.3) is 0 Å². The first-order valence-electron chi connectivity index (χ1n) is 6.54. The van der Waals surface area contributed by atoms with Gasteiger partial charge < -0.3 is 10.2 Å². The highest BCUT2D eigenvalue weighted by Crippen LogP contribution is 2.48. The quantitative estimate of drug-likeness (QED) is 0.779. The Bertz CT molecular complexity index is 398. The molecule has 1 aliphatic heterocycles. The number of rotatable bonds is 2. The van der Waals surface area contributed by atoms with Gasteiger partial charge in [0.15, 0.2) is 0 Å². The van der Waals surface area contributed by atoms with Gasteiger partial charge in [0.2, 0.25) is 11.8 Å². The molecule has 2 amide bonds. The van der Waals surface area contributed by atoms with E-state index in [1.54, 1.807) is 0 Å². The maximum absolute atomic E-state index is 12.7. The molecule has 4 nitrogen and oxygen atoms in total. The topological polar surface area (TPSA) is 49.4 Å². The van der Waals surface area contributed by atoms with Crippen molar-refractivity contribution in [1.82, 2.24) is 10.2 Å². The minimum atomic E-state index is -0.644. The number of hydrogen-bond donors (Lipinski definition) is 1. The highest BCUT2D eigenvalue weighted by molar-refractivity contribution is 6.00. The summed E-state index contributed by atoms with van der Waals surface area (Å²) in [6, 6.07) is -0.318. The second-order valence-corrected chi connectivity index (χ2v) is 6.31.